The van der Waals surface area contributed by atoms with Gasteiger partial charge in [-0.05, 0) is 49.2 Å². The van der Waals surface area contributed by atoms with E-state index in [0.29, 0.717) is 55.0 Å². The predicted molar refractivity (Wildman–Crippen MR) is 111 cm³/mol. The second-order valence-electron chi connectivity index (χ2n) is 7.86. The SMILES string of the molecule is N#Cc1ccc(C(F)(F)F)cc1N=NN(C(=O)C1CCCCC1)c1cc(C(F)(F)F)ccc1C#N. The van der Waals surface area contributed by atoms with E-state index >= 15 is 0 Å². The van der Waals surface area contributed by atoms with E-state index in [1.807, 2.05) is 0 Å². The molecule has 0 aromatic heterocycles. The van der Waals surface area contributed by atoms with Gasteiger partial charge in [-0.3, -0.25) is 4.79 Å². The summed E-state index contributed by atoms with van der Waals surface area (Å²) < 4.78 is 79.4. The van der Waals surface area contributed by atoms with Gasteiger partial charge in [-0.15, -0.1) is 5.11 Å². The van der Waals surface area contributed by atoms with Crippen molar-refractivity contribution >= 4 is 17.3 Å². The van der Waals surface area contributed by atoms with Gasteiger partial charge >= 0.3 is 12.4 Å². The van der Waals surface area contributed by atoms with E-state index in [1.54, 1.807) is 12.1 Å². The Labute approximate surface area is 196 Å². The molecule has 3 rings (SSSR count). The molecule has 1 saturated carbocycles. The van der Waals surface area contributed by atoms with Crippen LogP contribution in [0.25, 0.3) is 0 Å². The van der Waals surface area contributed by atoms with Crippen molar-refractivity contribution in [3.63, 3.8) is 0 Å². The molecule has 0 aliphatic heterocycles. The molecule has 12 heteroatoms. The molecule has 2 aromatic rings. The molecule has 0 radical (unpaired) electrons. The molecule has 6 nitrogen and oxygen atoms in total. The molecule has 0 unspecified atom stereocenters. The number of amides is 1. The number of nitrogens with zero attached hydrogens (tertiary/aromatic N) is 5. The minimum Gasteiger partial charge on any atom is -0.272 e. The molecular weight excluding hydrogens is 476 g/mol. The second kappa shape index (κ2) is 10.1. The van der Waals surface area contributed by atoms with Crippen molar-refractivity contribution in [3.05, 3.63) is 58.7 Å². The number of alkyl halides is 6. The van der Waals surface area contributed by atoms with Crippen LogP contribution in [0.4, 0.5) is 37.7 Å². The average molecular weight is 493 g/mol. The molecule has 0 bridgehead atoms. The molecular formula is C23H17F6N5O. The van der Waals surface area contributed by atoms with Crippen molar-refractivity contribution in [2.75, 3.05) is 5.01 Å². The predicted octanol–water partition coefficient (Wildman–Crippen LogP) is 7.08. The summed E-state index contributed by atoms with van der Waals surface area (Å²) in [6, 6.07) is 7.55. The molecule has 0 atom stereocenters. The molecule has 1 aliphatic carbocycles. The number of nitriles is 2. The fourth-order valence-corrected chi connectivity index (χ4v) is 3.69. The lowest BCUT2D eigenvalue weighted by atomic mass is 9.88. The van der Waals surface area contributed by atoms with Crippen LogP contribution in [0.3, 0.4) is 0 Å². The fraction of sp³-hybridized carbons (Fsp3) is 0.348. The normalized spacial score (nSPS) is 15.0. The van der Waals surface area contributed by atoms with E-state index in [0.717, 1.165) is 18.6 Å². The topological polar surface area (TPSA) is 92.6 Å². The van der Waals surface area contributed by atoms with Gasteiger partial charge in [-0.1, -0.05) is 24.5 Å². The Bertz CT molecular complexity index is 1220. The lowest BCUT2D eigenvalue weighted by Crippen LogP contribution is -2.33. The number of benzene rings is 2. The third-order valence-electron chi connectivity index (χ3n) is 5.52. The van der Waals surface area contributed by atoms with Crippen LogP contribution < -0.4 is 5.01 Å². The van der Waals surface area contributed by atoms with Gasteiger partial charge in [-0.25, -0.2) is 0 Å². The molecule has 1 amide bonds. The van der Waals surface area contributed by atoms with Crippen molar-refractivity contribution < 1.29 is 31.1 Å². The quantitative estimate of drug-likeness (QED) is 0.259. The van der Waals surface area contributed by atoms with Gasteiger partial charge in [0.15, 0.2) is 0 Å². The highest BCUT2D eigenvalue weighted by Gasteiger charge is 2.35. The molecule has 0 spiro atoms. The number of carbonyl (C=O) groups excluding carboxylic acids is 1. The maximum Gasteiger partial charge on any atom is 0.416 e. The Balaban J connectivity index is 2.15. The van der Waals surface area contributed by atoms with Crippen LogP contribution in [0.2, 0.25) is 0 Å². The van der Waals surface area contributed by atoms with E-state index in [9.17, 15) is 41.7 Å². The highest BCUT2D eigenvalue weighted by molar-refractivity contribution is 5.95. The van der Waals surface area contributed by atoms with Gasteiger partial charge in [-0.2, -0.15) is 41.9 Å². The summed E-state index contributed by atoms with van der Waals surface area (Å²) >= 11 is 0. The lowest BCUT2D eigenvalue weighted by Gasteiger charge is -2.26. The highest BCUT2D eigenvalue weighted by Crippen LogP contribution is 2.37. The third-order valence-corrected chi connectivity index (χ3v) is 5.52. The third kappa shape index (κ3) is 5.96. The molecule has 2 aromatic carbocycles. The van der Waals surface area contributed by atoms with Crippen molar-refractivity contribution in [3.8, 4) is 12.1 Å². The van der Waals surface area contributed by atoms with E-state index in [2.05, 4.69) is 10.3 Å². The minimum atomic E-state index is -4.80. The summed E-state index contributed by atoms with van der Waals surface area (Å²) in [4.78, 5) is 13.3. The molecule has 35 heavy (non-hydrogen) atoms. The second-order valence-corrected chi connectivity index (χ2v) is 7.86. The molecule has 182 valence electrons. The largest absolute Gasteiger partial charge is 0.416 e. The number of halogens is 6. The van der Waals surface area contributed by atoms with Crippen molar-refractivity contribution in [1.82, 2.24) is 0 Å². The van der Waals surface area contributed by atoms with Crippen LogP contribution >= 0.6 is 0 Å². The first kappa shape index (κ1) is 25.7. The lowest BCUT2D eigenvalue weighted by molar-refractivity contribution is -0.138. The van der Waals surface area contributed by atoms with Crippen LogP contribution in [-0.4, -0.2) is 5.91 Å². The monoisotopic (exact) mass is 493 g/mol. The van der Waals surface area contributed by atoms with Crippen molar-refractivity contribution in [2.24, 2.45) is 16.3 Å². The van der Waals surface area contributed by atoms with Crippen LogP contribution in [0.5, 0.6) is 0 Å². The van der Waals surface area contributed by atoms with E-state index in [1.165, 1.54) is 0 Å². The first-order chi connectivity index (χ1) is 16.5. The zero-order chi connectivity index (χ0) is 25.8. The van der Waals surface area contributed by atoms with Gasteiger partial charge < -0.3 is 0 Å². The Morgan fingerprint density at radius 3 is 1.94 bits per heavy atom. The maximum atomic E-state index is 13.3. The zero-order valence-electron chi connectivity index (χ0n) is 18.0. The summed E-state index contributed by atoms with van der Waals surface area (Å²) in [6.45, 7) is 0. The fourth-order valence-electron chi connectivity index (χ4n) is 3.69. The summed E-state index contributed by atoms with van der Waals surface area (Å²) in [7, 11) is 0. The van der Waals surface area contributed by atoms with Crippen molar-refractivity contribution in [2.45, 2.75) is 44.5 Å². The average Bonchev–Trinajstić information content (AvgIpc) is 2.83. The van der Waals surface area contributed by atoms with Gasteiger partial charge in [0.25, 0.3) is 5.91 Å². The van der Waals surface area contributed by atoms with Gasteiger partial charge in [0.2, 0.25) is 0 Å². The van der Waals surface area contributed by atoms with Crippen LogP contribution in [0, 0.1) is 28.6 Å². The minimum absolute atomic E-state index is 0.295. The molecule has 1 fully saturated rings. The van der Waals surface area contributed by atoms with Crippen LogP contribution in [-0.2, 0) is 17.1 Å². The smallest absolute Gasteiger partial charge is 0.272 e. The molecule has 0 saturated heterocycles. The molecule has 1 aliphatic rings. The highest BCUT2D eigenvalue weighted by atomic mass is 19.4. The standard InChI is InChI=1S/C23H17F6N5O/c24-22(25,26)17-8-6-15(12-30)19(10-17)32-33-34(21(35)14-4-2-1-3-5-14)20-11-18(23(27,28)29)9-7-16(20)13-31/h6-11,14H,1-5H2. The summed E-state index contributed by atoms with van der Waals surface area (Å²) in [5.41, 5.74) is -3.93. The van der Waals surface area contributed by atoms with E-state index in [-0.39, 0.29) is 11.1 Å². The number of anilines is 1. The molecule has 0 N–H and O–H groups in total. The number of rotatable bonds is 4. The Kier molecular flexibility index (Phi) is 7.44. The van der Waals surface area contributed by atoms with Gasteiger partial charge in [0.05, 0.1) is 27.9 Å². The Hall–Kier alpha value is -3.93. The van der Waals surface area contributed by atoms with Crippen LogP contribution in [0.1, 0.15) is 54.4 Å². The Morgan fingerprint density at radius 2 is 1.40 bits per heavy atom. The summed E-state index contributed by atoms with van der Waals surface area (Å²) in [6.07, 6.45) is -6.44. The number of hydrogen-bond acceptors (Lipinski definition) is 5. The molecule has 0 heterocycles. The van der Waals surface area contributed by atoms with E-state index in [4.69, 9.17) is 0 Å². The van der Waals surface area contributed by atoms with Crippen LogP contribution in [0.15, 0.2) is 46.7 Å². The first-order valence-corrected chi connectivity index (χ1v) is 10.4. The van der Waals surface area contributed by atoms with Gasteiger partial charge in [0, 0.05) is 5.92 Å². The first-order valence-electron chi connectivity index (χ1n) is 10.4. The van der Waals surface area contributed by atoms with E-state index < -0.39 is 46.7 Å². The maximum absolute atomic E-state index is 13.3. The number of hydrogen-bond donors (Lipinski definition) is 0. The summed E-state index contributed by atoms with van der Waals surface area (Å²) in [5, 5.41) is 26.5. The number of carbonyl (C=O) groups is 1. The zero-order valence-corrected chi connectivity index (χ0v) is 18.0. The van der Waals surface area contributed by atoms with Crippen molar-refractivity contribution in [1.29, 1.82) is 10.5 Å². The van der Waals surface area contributed by atoms with Gasteiger partial charge in [0.1, 0.15) is 17.8 Å². The Morgan fingerprint density at radius 1 is 0.857 bits per heavy atom. The summed E-state index contributed by atoms with van der Waals surface area (Å²) in [5.74, 6) is -1.37.